The van der Waals surface area contributed by atoms with Gasteiger partial charge in [-0.2, -0.15) is 10.1 Å². The molecule has 1 aliphatic rings. The maximum atomic E-state index is 12.7. The molecule has 1 saturated carbocycles. The zero-order valence-electron chi connectivity index (χ0n) is 13.2. The van der Waals surface area contributed by atoms with E-state index in [0.29, 0.717) is 28.9 Å². The molecule has 1 fully saturated rings. The highest BCUT2D eigenvalue weighted by molar-refractivity contribution is 5.93. The predicted octanol–water partition coefficient (Wildman–Crippen LogP) is 2.56. The van der Waals surface area contributed by atoms with E-state index in [1.807, 2.05) is 0 Å². The van der Waals surface area contributed by atoms with Crippen molar-refractivity contribution in [3.63, 3.8) is 0 Å². The summed E-state index contributed by atoms with van der Waals surface area (Å²) in [6.07, 6.45) is 5.15. The second-order valence-corrected chi connectivity index (χ2v) is 6.02. The fourth-order valence-electron chi connectivity index (χ4n) is 3.15. The molecule has 0 aromatic carbocycles. The van der Waals surface area contributed by atoms with Gasteiger partial charge in [0, 0.05) is 13.0 Å². The molecule has 0 unspecified atom stereocenters. The van der Waals surface area contributed by atoms with Gasteiger partial charge in [0.25, 0.3) is 5.91 Å². The van der Waals surface area contributed by atoms with Gasteiger partial charge in [-0.05, 0) is 25.0 Å². The number of hydrogen-bond donors (Lipinski definition) is 2. The second-order valence-electron chi connectivity index (χ2n) is 6.02. The van der Waals surface area contributed by atoms with Crippen molar-refractivity contribution in [2.75, 3.05) is 0 Å². The molecular formula is C16H17N5O3. The van der Waals surface area contributed by atoms with Crippen LogP contribution in [-0.2, 0) is 5.54 Å². The number of hydrogen-bond acceptors (Lipinski definition) is 6. The normalized spacial score (nSPS) is 16.4. The third-order valence-electron chi connectivity index (χ3n) is 4.36. The van der Waals surface area contributed by atoms with Crippen LogP contribution in [0.5, 0.6) is 0 Å². The maximum Gasteiger partial charge on any atom is 0.272 e. The van der Waals surface area contributed by atoms with Gasteiger partial charge in [0.15, 0.2) is 17.3 Å². The highest BCUT2D eigenvalue weighted by atomic mass is 16.5. The Labute approximate surface area is 137 Å². The van der Waals surface area contributed by atoms with Gasteiger partial charge in [-0.1, -0.05) is 18.0 Å². The molecule has 8 heteroatoms. The van der Waals surface area contributed by atoms with Crippen LogP contribution >= 0.6 is 0 Å². The van der Waals surface area contributed by atoms with Gasteiger partial charge in [-0.3, -0.25) is 9.89 Å². The maximum absolute atomic E-state index is 12.7. The number of aryl methyl sites for hydroxylation is 1. The van der Waals surface area contributed by atoms with Crippen LogP contribution in [0.1, 0.15) is 47.9 Å². The third kappa shape index (κ3) is 2.49. The lowest BCUT2D eigenvalue weighted by Gasteiger charge is -2.26. The van der Waals surface area contributed by atoms with Crippen molar-refractivity contribution in [2.45, 2.75) is 38.1 Å². The summed E-state index contributed by atoms with van der Waals surface area (Å²) in [7, 11) is 0. The molecule has 4 rings (SSSR count). The molecule has 2 N–H and O–H groups in total. The van der Waals surface area contributed by atoms with Crippen LogP contribution in [0.15, 0.2) is 33.4 Å². The Morgan fingerprint density at radius 2 is 2.21 bits per heavy atom. The number of aromatic amines is 1. The van der Waals surface area contributed by atoms with Crippen molar-refractivity contribution in [1.29, 1.82) is 0 Å². The lowest BCUT2D eigenvalue weighted by atomic mass is 9.96. The minimum Gasteiger partial charge on any atom is -0.463 e. The number of amides is 1. The summed E-state index contributed by atoms with van der Waals surface area (Å²) in [5, 5.41) is 14.0. The van der Waals surface area contributed by atoms with Crippen molar-refractivity contribution in [2.24, 2.45) is 0 Å². The number of aromatic nitrogens is 4. The number of furan rings is 1. The molecule has 3 aromatic rings. The highest BCUT2D eigenvalue weighted by Gasteiger charge is 2.41. The molecule has 8 nitrogen and oxygen atoms in total. The molecule has 0 radical (unpaired) electrons. The first kappa shape index (κ1) is 14.7. The van der Waals surface area contributed by atoms with E-state index in [1.54, 1.807) is 31.4 Å². The number of H-pyrrole nitrogens is 1. The fraction of sp³-hybridized carbons (Fsp3) is 0.375. The van der Waals surface area contributed by atoms with E-state index in [1.165, 1.54) is 0 Å². The summed E-state index contributed by atoms with van der Waals surface area (Å²) in [6.45, 7) is 1.74. The zero-order valence-corrected chi connectivity index (χ0v) is 13.2. The van der Waals surface area contributed by atoms with E-state index in [2.05, 4.69) is 25.7 Å². The van der Waals surface area contributed by atoms with Crippen LogP contribution in [0.25, 0.3) is 11.5 Å². The molecule has 0 aliphatic heterocycles. The number of nitrogens with zero attached hydrogens (tertiary/aromatic N) is 3. The van der Waals surface area contributed by atoms with Gasteiger partial charge in [0.05, 0.1) is 6.26 Å². The van der Waals surface area contributed by atoms with Crippen molar-refractivity contribution in [3.05, 3.63) is 41.9 Å². The van der Waals surface area contributed by atoms with Gasteiger partial charge in [0.1, 0.15) is 11.2 Å². The highest BCUT2D eigenvalue weighted by Crippen LogP contribution is 2.37. The molecule has 0 saturated heterocycles. The van der Waals surface area contributed by atoms with E-state index in [4.69, 9.17) is 8.94 Å². The SMILES string of the molecule is Cc1nc(C2(NC(=O)c3cc(-c4ccco4)[nH]n3)CCCC2)no1. The second kappa shape index (κ2) is 5.63. The lowest BCUT2D eigenvalue weighted by molar-refractivity contribution is 0.0886. The van der Waals surface area contributed by atoms with Crippen LogP contribution in [0.4, 0.5) is 0 Å². The smallest absolute Gasteiger partial charge is 0.272 e. The predicted molar refractivity (Wildman–Crippen MR) is 82.9 cm³/mol. The summed E-state index contributed by atoms with van der Waals surface area (Å²) >= 11 is 0. The summed E-state index contributed by atoms with van der Waals surface area (Å²) in [6, 6.07) is 5.25. The summed E-state index contributed by atoms with van der Waals surface area (Å²) in [4.78, 5) is 17.0. The first-order valence-corrected chi connectivity index (χ1v) is 7.89. The van der Waals surface area contributed by atoms with Gasteiger partial charge < -0.3 is 14.3 Å². The molecular weight excluding hydrogens is 310 g/mol. The Bertz CT molecular complexity index is 843. The minimum absolute atomic E-state index is 0.270. The molecule has 124 valence electrons. The van der Waals surface area contributed by atoms with E-state index in [-0.39, 0.29) is 5.91 Å². The van der Waals surface area contributed by atoms with Crippen LogP contribution in [0.2, 0.25) is 0 Å². The minimum atomic E-state index is -0.585. The number of rotatable bonds is 4. The number of carbonyl (C=O) groups excluding carboxylic acids is 1. The largest absolute Gasteiger partial charge is 0.463 e. The van der Waals surface area contributed by atoms with Gasteiger partial charge in [-0.15, -0.1) is 0 Å². The van der Waals surface area contributed by atoms with Crippen LogP contribution in [-0.4, -0.2) is 26.2 Å². The van der Waals surface area contributed by atoms with Crippen molar-refractivity contribution in [1.82, 2.24) is 25.7 Å². The van der Waals surface area contributed by atoms with E-state index >= 15 is 0 Å². The molecule has 1 amide bonds. The van der Waals surface area contributed by atoms with Gasteiger partial charge >= 0.3 is 0 Å². The Balaban J connectivity index is 1.58. The van der Waals surface area contributed by atoms with Gasteiger partial charge in [0.2, 0.25) is 5.89 Å². The average molecular weight is 327 g/mol. The van der Waals surface area contributed by atoms with E-state index in [0.717, 1.165) is 25.7 Å². The van der Waals surface area contributed by atoms with Crippen LogP contribution in [0.3, 0.4) is 0 Å². The summed E-state index contributed by atoms with van der Waals surface area (Å²) in [5.41, 5.74) is 0.368. The van der Waals surface area contributed by atoms with Crippen molar-refractivity contribution < 1.29 is 13.7 Å². The molecule has 0 bridgehead atoms. The lowest BCUT2D eigenvalue weighted by Crippen LogP contribution is -2.44. The standard InChI is InChI=1S/C16H17N5O3/c1-10-17-15(21-24-10)16(6-2-3-7-16)18-14(22)12-9-11(19-20-12)13-5-4-8-23-13/h4-5,8-9H,2-3,6-7H2,1H3,(H,18,22)(H,19,20). The Hall–Kier alpha value is -2.90. The molecule has 0 spiro atoms. The molecule has 3 heterocycles. The summed E-state index contributed by atoms with van der Waals surface area (Å²) < 4.78 is 10.4. The fourth-order valence-corrected chi connectivity index (χ4v) is 3.15. The van der Waals surface area contributed by atoms with E-state index in [9.17, 15) is 4.79 Å². The summed E-state index contributed by atoms with van der Waals surface area (Å²) in [5.74, 6) is 1.39. The third-order valence-corrected chi connectivity index (χ3v) is 4.36. The number of nitrogens with one attached hydrogen (secondary N) is 2. The van der Waals surface area contributed by atoms with Crippen LogP contribution < -0.4 is 5.32 Å². The average Bonchev–Trinajstić information content (AvgIpc) is 3.34. The first-order chi connectivity index (χ1) is 11.7. The zero-order chi connectivity index (χ0) is 16.6. The Morgan fingerprint density at radius 1 is 1.38 bits per heavy atom. The van der Waals surface area contributed by atoms with Crippen LogP contribution in [0, 0.1) is 6.92 Å². The van der Waals surface area contributed by atoms with Crippen molar-refractivity contribution in [3.8, 4) is 11.5 Å². The Morgan fingerprint density at radius 3 is 2.88 bits per heavy atom. The Kier molecular flexibility index (Phi) is 3.44. The molecule has 1 aliphatic carbocycles. The van der Waals surface area contributed by atoms with E-state index < -0.39 is 5.54 Å². The monoisotopic (exact) mass is 327 g/mol. The molecule has 24 heavy (non-hydrogen) atoms. The quantitative estimate of drug-likeness (QED) is 0.762. The number of carbonyl (C=O) groups is 1. The van der Waals surface area contributed by atoms with Gasteiger partial charge in [-0.25, -0.2) is 0 Å². The molecule has 0 atom stereocenters. The molecule has 3 aromatic heterocycles. The first-order valence-electron chi connectivity index (χ1n) is 7.89. The van der Waals surface area contributed by atoms with Crippen molar-refractivity contribution >= 4 is 5.91 Å². The topological polar surface area (TPSA) is 110 Å².